The molecule has 0 aliphatic heterocycles. The van der Waals surface area contributed by atoms with Crippen molar-refractivity contribution >= 4 is 46.2 Å². The van der Waals surface area contributed by atoms with Crippen LogP contribution in [0.3, 0.4) is 0 Å². The smallest absolute Gasteiger partial charge is 0.151 e. The van der Waals surface area contributed by atoms with E-state index < -0.39 is 7.80 Å². The largest absolute Gasteiger partial charge is 0.317 e. The van der Waals surface area contributed by atoms with E-state index in [-0.39, 0.29) is 0 Å². The van der Waals surface area contributed by atoms with Gasteiger partial charge in [-0.2, -0.15) is 0 Å². The van der Waals surface area contributed by atoms with Crippen LogP contribution >= 0.6 is 7.80 Å². The summed E-state index contributed by atoms with van der Waals surface area (Å²) in [6.07, 6.45) is 0.853. The first-order valence-electron chi connectivity index (χ1n) is 11.9. The van der Waals surface area contributed by atoms with Crippen molar-refractivity contribution in [3.05, 3.63) is 133 Å². The molecule has 0 amide bonds. The number of carbonyl (C=O) groups is 1. The van der Waals surface area contributed by atoms with Gasteiger partial charge in [-0.1, -0.05) is 121 Å². The number of aldehydes is 1. The van der Waals surface area contributed by atoms with E-state index in [0.29, 0.717) is 10.9 Å². The zero-order chi connectivity index (χ0) is 24.5. The molecule has 6 rings (SSSR count). The lowest BCUT2D eigenvalue weighted by molar-refractivity contribution is 0.112. The van der Waals surface area contributed by atoms with Gasteiger partial charge in [-0.3, -0.25) is 4.79 Å². The lowest BCUT2D eigenvalue weighted by Gasteiger charge is -2.20. The third kappa shape index (κ3) is 3.77. The van der Waals surface area contributed by atoms with Gasteiger partial charge < -0.3 is 4.57 Å². The number of hydrogen-bond donors (Lipinski definition) is 0. The maximum absolute atomic E-state index is 14.7. The number of hydrogen-bond acceptors (Lipinski definition) is 2. The molecule has 1 unspecified atom stereocenters. The lowest BCUT2D eigenvalue weighted by atomic mass is 9.91. The Morgan fingerprint density at radius 3 is 1.83 bits per heavy atom. The van der Waals surface area contributed by atoms with Crippen molar-refractivity contribution in [2.45, 2.75) is 0 Å². The lowest BCUT2D eigenvalue weighted by Crippen LogP contribution is -2.16. The Morgan fingerprint density at radius 2 is 1.14 bits per heavy atom. The van der Waals surface area contributed by atoms with Crippen molar-refractivity contribution in [2.24, 2.45) is 0 Å². The number of fused-ring (bicyclic) bond motifs is 2. The second-order valence-electron chi connectivity index (χ2n) is 8.82. The van der Waals surface area contributed by atoms with Gasteiger partial charge >= 0.3 is 0 Å². The molecule has 0 bridgehead atoms. The zero-order valence-electron chi connectivity index (χ0n) is 19.5. The van der Waals surface area contributed by atoms with Crippen LogP contribution in [0, 0.1) is 0 Å². The molecule has 0 saturated carbocycles. The molecular weight excluding hydrogens is 459 g/mol. The van der Waals surface area contributed by atoms with Crippen molar-refractivity contribution in [1.82, 2.24) is 0 Å². The summed E-state index contributed by atoms with van der Waals surface area (Å²) in [7, 11) is -2.59. The van der Waals surface area contributed by atoms with E-state index in [1.165, 1.54) is 0 Å². The average Bonchev–Trinajstić information content (AvgIpc) is 2.96. The van der Waals surface area contributed by atoms with Gasteiger partial charge in [0.15, 0.2) is 6.29 Å². The summed E-state index contributed by atoms with van der Waals surface area (Å²) < 4.78 is 14.7. The zero-order valence-corrected chi connectivity index (χ0v) is 20.5. The predicted molar refractivity (Wildman–Crippen MR) is 152 cm³/mol. The van der Waals surface area contributed by atoms with Crippen molar-refractivity contribution in [2.75, 3.05) is 0 Å². The first-order valence-corrected chi connectivity index (χ1v) is 13.4. The highest BCUT2D eigenvalue weighted by molar-refractivity contribution is 7.62. The molecule has 0 aromatic heterocycles. The Morgan fingerprint density at radius 1 is 0.556 bits per heavy atom. The maximum atomic E-state index is 14.7. The van der Waals surface area contributed by atoms with E-state index in [1.54, 1.807) is 0 Å². The van der Waals surface area contributed by atoms with E-state index in [4.69, 9.17) is 0 Å². The minimum atomic E-state index is -2.59. The summed E-state index contributed by atoms with van der Waals surface area (Å²) in [5.41, 5.74) is 4.55. The summed E-state index contributed by atoms with van der Waals surface area (Å²) in [6, 6.07) is 42.2. The first kappa shape index (κ1) is 22.2. The summed E-state index contributed by atoms with van der Waals surface area (Å²) in [5.74, 6) is 0. The van der Waals surface area contributed by atoms with E-state index in [9.17, 15) is 9.36 Å². The van der Waals surface area contributed by atoms with Crippen molar-refractivity contribution in [3.8, 4) is 22.3 Å². The average molecular weight is 483 g/mol. The molecule has 6 aromatic carbocycles. The van der Waals surface area contributed by atoms with Gasteiger partial charge in [0.25, 0.3) is 0 Å². The third-order valence-corrected chi connectivity index (χ3v) is 8.66. The highest BCUT2D eigenvalue weighted by Gasteiger charge is 2.23. The molecule has 2 nitrogen and oxygen atoms in total. The molecule has 0 aliphatic rings. The van der Waals surface area contributed by atoms with Crippen LogP contribution in [0.4, 0.5) is 0 Å². The minimum Gasteiger partial charge on any atom is -0.317 e. The van der Waals surface area contributed by atoms with Gasteiger partial charge in [-0.25, -0.2) is 0 Å². The molecule has 1 atom stereocenters. The van der Waals surface area contributed by atoms with Crippen molar-refractivity contribution < 1.29 is 9.36 Å². The molecule has 0 saturated heterocycles. The SMILES string of the molecule is O=Cc1c([PH](=O)c2c(-c3ccccc3)c(-c3ccccc3)cc3ccccc23)ccc2ccccc12. The van der Waals surface area contributed by atoms with Gasteiger partial charge in [0.05, 0.1) is 0 Å². The van der Waals surface area contributed by atoms with Gasteiger partial charge in [0.1, 0.15) is 7.80 Å². The highest BCUT2D eigenvalue weighted by atomic mass is 31.1. The minimum absolute atomic E-state index is 0.505. The highest BCUT2D eigenvalue weighted by Crippen LogP contribution is 2.40. The number of carbonyl (C=O) groups excluding carboxylic acids is 1. The molecule has 0 aliphatic carbocycles. The summed E-state index contributed by atoms with van der Waals surface area (Å²) in [6.45, 7) is 0. The Balaban J connectivity index is 1.74. The maximum Gasteiger partial charge on any atom is 0.151 e. The molecule has 172 valence electrons. The molecule has 3 heteroatoms. The third-order valence-electron chi connectivity index (χ3n) is 6.76. The van der Waals surface area contributed by atoms with E-state index in [2.05, 4.69) is 36.4 Å². The molecule has 0 N–H and O–H groups in total. The van der Waals surface area contributed by atoms with Gasteiger partial charge in [-0.15, -0.1) is 0 Å². The Bertz CT molecular complexity index is 1760. The Kier molecular flexibility index (Phi) is 5.81. The molecular formula is C33H23O2P. The van der Waals surface area contributed by atoms with E-state index >= 15 is 0 Å². The first-order chi connectivity index (χ1) is 17.8. The molecule has 36 heavy (non-hydrogen) atoms. The topological polar surface area (TPSA) is 34.1 Å². The molecule has 0 heterocycles. The second-order valence-corrected chi connectivity index (χ2v) is 10.5. The second kappa shape index (κ2) is 9.41. The number of rotatable bonds is 5. The van der Waals surface area contributed by atoms with Crippen LogP contribution in [0.25, 0.3) is 43.8 Å². The molecule has 0 fully saturated rings. The summed E-state index contributed by atoms with van der Waals surface area (Å²) >= 11 is 0. The normalized spacial score (nSPS) is 12.0. The summed E-state index contributed by atoms with van der Waals surface area (Å²) in [4.78, 5) is 12.4. The quantitative estimate of drug-likeness (QED) is 0.187. The summed E-state index contributed by atoms with van der Waals surface area (Å²) in [5, 5.41) is 5.16. The van der Waals surface area contributed by atoms with E-state index in [0.717, 1.165) is 55.4 Å². The van der Waals surface area contributed by atoms with Crippen LogP contribution in [0.5, 0.6) is 0 Å². The monoisotopic (exact) mass is 482 g/mol. The Labute approximate surface area is 210 Å². The van der Waals surface area contributed by atoms with Crippen molar-refractivity contribution in [1.29, 1.82) is 0 Å². The van der Waals surface area contributed by atoms with Crippen LogP contribution in [-0.4, -0.2) is 6.29 Å². The van der Waals surface area contributed by atoms with Gasteiger partial charge in [0.2, 0.25) is 0 Å². The van der Waals surface area contributed by atoms with Crippen molar-refractivity contribution in [3.63, 3.8) is 0 Å². The van der Waals surface area contributed by atoms with Crippen LogP contribution in [0.2, 0.25) is 0 Å². The van der Waals surface area contributed by atoms with Crippen LogP contribution < -0.4 is 10.6 Å². The van der Waals surface area contributed by atoms with Crippen LogP contribution in [0.15, 0.2) is 127 Å². The molecule has 0 radical (unpaired) electrons. The Hall–Kier alpha value is -4.26. The number of benzene rings is 6. The van der Waals surface area contributed by atoms with Crippen LogP contribution in [0.1, 0.15) is 10.4 Å². The van der Waals surface area contributed by atoms with Crippen LogP contribution in [-0.2, 0) is 4.57 Å². The van der Waals surface area contributed by atoms with Gasteiger partial charge in [-0.05, 0) is 44.3 Å². The molecule has 0 spiro atoms. The van der Waals surface area contributed by atoms with Gasteiger partial charge in [0, 0.05) is 21.7 Å². The fraction of sp³-hybridized carbons (Fsp3) is 0. The predicted octanol–water partition coefficient (Wildman–Crippen LogP) is 7.65. The fourth-order valence-corrected chi connectivity index (χ4v) is 7.01. The standard InChI is InChI=1S/C33H23O2P/c34-22-30-27-17-9-7-13-24(27)19-20-31(30)36(35)33-28-18-10-8-16-26(28)21-29(23-11-3-1-4-12-23)32(33)25-14-5-2-6-15-25/h1-22,36H. The fourth-order valence-electron chi connectivity index (χ4n) is 5.09. The molecule has 6 aromatic rings. The van der Waals surface area contributed by atoms with E-state index in [1.807, 2.05) is 91.0 Å².